The largest absolute Gasteiger partial charge is 0.466 e. The molecular formula is C42H47ClF3N3O4Si. The van der Waals surface area contributed by atoms with Crippen LogP contribution in [0.25, 0.3) is 0 Å². The normalized spacial score (nSPS) is 20.0. The molecule has 0 N–H and O–H groups in total. The van der Waals surface area contributed by atoms with E-state index in [1.165, 1.54) is 22.9 Å². The van der Waals surface area contributed by atoms with Gasteiger partial charge in [0, 0.05) is 18.7 Å². The second kappa shape index (κ2) is 14.6. The maximum absolute atomic E-state index is 14.5. The van der Waals surface area contributed by atoms with Gasteiger partial charge in [0.2, 0.25) is 0 Å². The van der Waals surface area contributed by atoms with Crippen LogP contribution in [0.15, 0.2) is 78.9 Å². The van der Waals surface area contributed by atoms with Crippen LogP contribution < -0.4 is 15.3 Å². The number of hydrogen-bond donors (Lipinski definition) is 0. The van der Waals surface area contributed by atoms with E-state index in [4.69, 9.17) is 25.9 Å². The number of rotatable bonds is 9. The molecule has 1 saturated heterocycles. The predicted octanol–water partition coefficient (Wildman–Crippen LogP) is 8.03. The zero-order chi connectivity index (χ0) is 38.5. The van der Waals surface area contributed by atoms with Gasteiger partial charge in [-0.05, 0) is 78.9 Å². The third kappa shape index (κ3) is 6.59. The number of hydrogen-bond acceptors (Lipinski definition) is 6. The number of halogens is 4. The second-order valence-corrected chi connectivity index (χ2v) is 20.5. The third-order valence-corrected chi connectivity index (χ3v) is 17.0. The molecule has 286 valence electrons. The van der Waals surface area contributed by atoms with Gasteiger partial charge in [0.05, 0.1) is 40.3 Å². The van der Waals surface area contributed by atoms with Gasteiger partial charge in [0.15, 0.2) is 5.82 Å². The van der Waals surface area contributed by atoms with E-state index in [1.807, 2.05) is 36.4 Å². The first-order chi connectivity index (χ1) is 25.7. The SMILES string of the molecule is CCOC(=O)C1CCN(c2nn(C(=O)c3c(Cl)cccc3C3(C(F)(F)F)CC3)c3c2CCCC3)CC1O[Si](c1ccccc1)(c1ccccc1)C(C)(C)C. The van der Waals surface area contributed by atoms with Gasteiger partial charge in [-0.1, -0.05) is 105 Å². The molecule has 0 radical (unpaired) electrons. The van der Waals surface area contributed by atoms with E-state index in [2.05, 4.69) is 49.9 Å². The number of carbonyl (C=O) groups is 2. The van der Waals surface area contributed by atoms with Crippen molar-refractivity contribution in [3.8, 4) is 0 Å². The first-order valence-corrected chi connectivity index (χ1v) is 21.2. The number of aromatic nitrogens is 2. The maximum atomic E-state index is 14.5. The molecule has 0 spiro atoms. The zero-order valence-electron chi connectivity index (χ0n) is 31.2. The van der Waals surface area contributed by atoms with Crippen molar-refractivity contribution >= 4 is 48.0 Å². The minimum absolute atomic E-state index is 0.0244. The molecule has 2 atom stereocenters. The third-order valence-electron chi connectivity index (χ3n) is 11.6. The van der Waals surface area contributed by atoms with E-state index in [9.17, 15) is 22.8 Å². The number of piperidine rings is 1. The molecule has 0 amide bonds. The van der Waals surface area contributed by atoms with Gasteiger partial charge < -0.3 is 14.1 Å². The quantitative estimate of drug-likeness (QED) is 0.127. The number of ether oxygens (including phenoxy) is 1. The van der Waals surface area contributed by atoms with Crippen LogP contribution in [0.3, 0.4) is 0 Å². The molecule has 1 saturated carbocycles. The Balaban J connectivity index is 1.31. The van der Waals surface area contributed by atoms with Gasteiger partial charge in [0.25, 0.3) is 14.2 Å². The Morgan fingerprint density at radius 3 is 2.13 bits per heavy atom. The van der Waals surface area contributed by atoms with E-state index in [0.717, 1.165) is 28.8 Å². The average Bonchev–Trinajstić information content (AvgIpc) is 3.89. The second-order valence-electron chi connectivity index (χ2n) is 15.8. The van der Waals surface area contributed by atoms with E-state index >= 15 is 0 Å². The number of nitrogens with zero attached hydrogens (tertiary/aromatic N) is 3. The van der Waals surface area contributed by atoms with Crippen LogP contribution in [-0.4, -0.2) is 62.0 Å². The molecule has 12 heteroatoms. The molecule has 2 unspecified atom stereocenters. The Morgan fingerprint density at radius 1 is 0.926 bits per heavy atom. The van der Waals surface area contributed by atoms with Crippen LogP contribution in [0.1, 0.15) is 87.0 Å². The molecule has 7 rings (SSSR count). The summed E-state index contributed by atoms with van der Waals surface area (Å²) >= 11 is 6.59. The van der Waals surface area contributed by atoms with E-state index < -0.39 is 37.8 Å². The lowest BCUT2D eigenvalue weighted by Crippen LogP contribution is -2.69. The number of carbonyl (C=O) groups excluding carboxylic acids is 2. The number of alkyl halides is 3. The van der Waals surface area contributed by atoms with Gasteiger partial charge in [-0.3, -0.25) is 9.59 Å². The van der Waals surface area contributed by atoms with Crippen molar-refractivity contribution in [3.63, 3.8) is 0 Å². The molecule has 3 aliphatic rings. The fourth-order valence-corrected chi connectivity index (χ4v) is 13.7. The highest BCUT2D eigenvalue weighted by Crippen LogP contribution is 2.60. The van der Waals surface area contributed by atoms with Crippen molar-refractivity contribution in [1.82, 2.24) is 9.78 Å². The van der Waals surface area contributed by atoms with E-state index in [1.54, 1.807) is 6.92 Å². The Labute approximate surface area is 320 Å². The van der Waals surface area contributed by atoms with Crippen LogP contribution in [0, 0.1) is 5.92 Å². The Morgan fingerprint density at radius 2 is 1.56 bits per heavy atom. The topological polar surface area (TPSA) is 73.7 Å². The maximum Gasteiger partial charge on any atom is 0.398 e. The molecule has 1 aromatic heterocycles. The van der Waals surface area contributed by atoms with Crippen LogP contribution in [0.5, 0.6) is 0 Å². The fourth-order valence-electron chi connectivity index (χ4n) is 8.74. The van der Waals surface area contributed by atoms with Gasteiger partial charge >= 0.3 is 12.1 Å². The molecule has 0 bridgehead atoms. The summed E-state index contributed by atoms with van der Waals surface area (Å²) in [4.78, 5) is 30.3. The van der Waals surface area contributed by atoms with Crippen molar-refractivity contribution < 1.29 is 31.9 Å². The Kier molecular flexibility index (Phi) is 10.4. The Hall–Kier alpha value is -3.93. The average molecular weight is 778 g/mol. The molecule has 7 nitrogen and oxygen atoms in total. The summed E-state index contributed by atoms with van der Waals surface area (Å²) in [5.41, 5.74) is -0.743. The molecule has 2 fully saturated rings. The number of esters is 1. The standard InChI is InChI=1S/C42H47ClF3N3O4Si/c1-5-52-39(51)31-23-26-48(27-35(31)53-54(40(2,3)4,28-15-8-6-9-16-28)29-17-10-7-11-18-29)37-30-19-12-13-22-34(30)49(47-37)38(50)36-32(20-14-21-33(36)43)41(24-25-41)42(44,45)46/h6-11,14-18,20-21,31,35H,5,12-13,19,22-27H2,1-4H3. The summed E-state index contributed by atoms with van der Waals surface area (Å²) in [6.45, 7) is 9.37. The number of benzene rings is 3. The van der Waals surface area contributed by atoms with Gasteiger partial charge in [-0.15, -0.1) is 5.10 Å². The summed E-state index contributed by atoms with van der Waals surface area (Å²) in [5, 5.41) is 6.72. The lowest BCUT2D eigenvalue weighted by atomic mass is 9.90. The smallest absolute Gasteiger partial charge is 0.398 e. The lowest BCUT2D eigenvalue weighted by molar-refractivity contribution is -0.160. The highest BCUT2D eigenvalue weighted by molar-refractivity contribution is 6.99. The Bertz CT molecular complexity index is 1970. The highest BCUT2D eigenvalue weighted by atomic mass is 35.5. The lowest BCUT2D eigenvalue weighted by Gasteiger charge is -2.48. The monoisotopic (exact) mass is 777 g/mol. The van der Waals surface area contributed by atoms with E-state index in [-0.39, 0.29) is 46.6 Å². The highest BCUT2D eigenvalue weighted by Gasteiger charge is 2.65. The zero-order valence-corrected chi connectivity index (χ0v) is 33.0. The molecule has 2 aliphatic carbocycles. The minimum atomic E-state index is -4.52. The van der Waals surface area contributed by atoms with Crippen molar-refractivity contribution in [2.24, 2.45) is 5.92 Å². The summed E-state index contributed by atoms with van der Waals surface area (Å²) in [7, 11) is -3.12. The van der Waals surface area contributed by atoms with Crippen molar-refractivity contribution in [1.29, 1.82) is 0 Å². The molecule has 2 heterocycles. The van der Waals surface area contributed by atoms with Gasteiger partial charge in [-0.2, -0.15) is 17.9 Å². The van der Waals surface area contributed by atoms with Gasteiger partial charge in [0.1, 0.15) is 0 Å². The molecule has 4 aromatic rings. The molecule has 1 aliphatic heterocycles. The molecule has 54 heavy (non-hydrogen) atoms. The summed E-state index contributed by atoms with van der Waals surface area (Å²) in [6, 6.07) is 24.8. The minimum Gasteiger partial charge on any atom is -0.466 e. The predicted molar refractivity (Wildman–Crippen MR) is 206 cm³/mol. The number of fused-ring (bicyclic) bond motifs is 1. The van der Waals surface area contributed by atoms with Crippen molar-refractivity contribution in [2.45, 2.75) is 95.4 Å². The summed E-state index contributed by atoms with van der Waals surface area (Å²) in [5.74, 6) is -0.920. The van der Waals surface area contributed by atoms with E-state index in [0.29, 0.717) is 43.9 Å². The molecular weight excluding hydrogens is 731 g/mol. The van der Waals surface area contributed by atoms with Crippen molar-refractivity contribution in [3.05, 3.63) is 106 Å². The summed E-state index contributed by atoms with van der Waals surface area (Å²) < 4.78 is 57.8. The molecule has 3 aromatic carbocycles. The fraction of sp³-hybridized carbons (Fsp3) is 0.452. The van der Waals surface area contributed by atoms with Crippen LogP contribution in [0.4, 0.5) is 19.0 Å². The van der Waals surface area contributed by atoms with Crippen LogP contribution >= 0.6 is 11.6 Å². The summed E-state index contributed by atoms with van der Waals surface area (Å²) in [6.07, 6.45) is -1.96. The number of anilines is 1. The van der Waals surface area contributed by atoms with Crippen LogP contribution in [0.2, 0.25) is 10.1 Å². The van der Waals surface area contributed by atoms with Crippen LogP contribution in [-0.2, 0) is 32.2 Å². The van der Waals surface area contributed by atoms with Crippen molar-refractivity contribution in [2.75, 3.05) is 24.6 Å². The van der Waals surface area contributed by atoms with Gasteiger partial charge in [-0.25, -0.2) is 0 Å². The first kappa shape index (κ1) is 38.3. The first-order valence-electron chi connectivity index (χ1n) is 18.9.